The highest BCUT2D eigenvalue weighted by Gasteiger charge is 2.47. The van der Waals surface area contributed by atoms with Crippen LogP contribution in [0.1, 0.15) is 12.0 Å². The Kier molecular flexibility index (Phi) is 1.59. The van der Waals surface area contributed by atoms with Crippen molar-refractivity contribution in [3.63, 3.8) is 0 Å². The highest BCUT2D eigenvalue weighted by Crippen LogP contribution is 2.43. The highest BCUT2D eigenvalue weighted by molar-refractivity contribution is 6.00. The van der Waals surface area contributed by atoms with Gasteiger partial charge >= 0.3 is 0 Å². The SMILES string of the molecule is C1=C[C@H]2C[C@@H]1[C@H]1NC(c3ccccc3)=N[C@H]12. The molecule has 0 saturated heterocycles. The Bertz CT molecular complexity index is 475. The predicted octanol–water partition coefficient (Wildman–Crippen LogP) is 1.98. The molecule has 1 saturated carbocycles. The van der Waals surface area contributed by atoms with Crippen LogP contribution in [0.3, 0.4) is 0 Å². The topological polar surface area (TPSA) is 24.4 Å². The summed E-state index contributed by atoms with van der Waals surface area (Å²) < 4.78 is 0. The lowest BCUT2D eigenvalue weighted by atomic mass is 9.98. The van der Waals surface area contributed by atoms with Crippen LogP contribution in [-0.4, -0.2) is 17.9 Å². The summed E-state index contributed by atoms with van der Waals surface area (Å²) in [6.45, 7) is 0. The third kappa shape index (κ3) is 1.04. The van der Waals surface area contributed by atoms with Crippen molar-refractivity contribution < 1.29 is 0 Å². The van der Waals surface area contributed by atoms with Gasteiger partial charge in [0.1, 0.15) is 5.84 Å². The van der Waals surface area contributed by atoms with E-state index in [-0.39, 0.29) is 0 Å². The third-order valence-electron chi connectivity index (χ3n) is 4.05. The minimum Gasteiger partial charge on any atom is -0.364 e. The molecule has 1 aromatic rings. The van der Waals surface area contributed by atoms with Gasteiger partial charge in [-0.05, 0) is 12.3 Å². The number of fused-ring (bicyclic) bond motifs is 5. The van der Waals surface area contributed by atoms with Crippen molar-refractivity contribution in [3.8, 4) is 0 Å². The van der Waals surface area contributed by atoms with Crippen LogP contribution in [0.5, 0.6) is 0 Å². The molecule has 2 nitrogen and oxygen atoms in total. The van der Waals surface area contributed by atoms with Crippen molar-refractivity contribution >= 4 is 5.84 Å². The van der Waals surface area contributed by atoms with Gasteiger partial charge in [-0.1, -0.05) is 42.5 Å². The molecule has 0 unspecified atom stereocenters. The molecule has 0 aromatic heterocycles. The molecule has 1 fully saturated rings. The molecule has 2 heteroatoms. The van der Waals surface area contributed by atoms with Gasteiger partial charge in [0.2, 0.25) is 0 Å². The van der Waals surface area contributed by atoms with E-state index < -0.39 is 0 Å². The second-order valence-corrected chi connectivity index (χ2v) is 4.95. The van der Waals surface area contributed by atoms with Crippen molar-refractivity contribution in [2.75, 3.05) is 0 Å². The highest BCUT2D eigenvalue weighted by atomic mass is 15.2. The molecule has 0 amide bonds. The molecule has 80 valence electrons. The molecule has 1 aromatic carbocycles. The van der Waals surface area contributed by atoms with Crippen LogP contribution in [0.4, 0.5) is 0 Å². The van der Waals surface area contributed by atoms with E-state index in [1.54, 1.807) is 0 Å². The summed E-state index contributed by atoms with van der Waals surface area (Å²) in [7, 11) is 0. The standard InChI is InChI=1S/C14H14N2/c1-2-4-9(5-3-1)14-15-12-10-6-7-11(8-10)13(12)16-14/h1-7,10-13H,8H2,(H,15,16)/t10-,11+,12-,13+. The Hall–Kier alpha value is -1.57. The van der Waals surface area contributed by atoms with Crippen molar-refractivity contribution in [2.45, 2.75) is 18.5 Å². The minimum absolute atomic E-state index is 0.491. The Morgan fingerprint density at radius 3 is 2.69 bits per heavy atom. The number of hydrogen-bond acceptors (Lipinski definition) is 2. The fourth-order valence-corrected chi connectivity index (χ4v) is 3.26. The Morgan fingerprint density at radius 2 is 1.88 bits per heavy atom. The monoisotopic (exact) mass is 210 g/mol. The summed E-state index contributed by atoms with van der Waals surface area (Å²) in [6.07, 6.45) is 6.02. The van der Waals surface area contributed by atoms with E-state index in [1.165, 1.54) is 12.0 Å². The molecule has 2 aliphatic carbocycles. The van der Waals surface area contributed by atoms with Crippen LogP contribution in [0.15, 0.2) is 47.5 Å². The van der Waals surface area contributed by atoms with Gasteiger partial charge in [0, 0.05) is 11.5 Å². The van der Waals surface area contributed by atoms with E-state index in [4.69, 9.17) is 4.99 Å². The number of nitrogens with zero attached hydrogens (tertiary/aromatic N) is 1. The first-order valence-corrected chi connectivity index (χ1v) is 6.00. The van der Waals surface area contributed by atoms with Crippen molar-refractivity contribution in [1.82, 2.24) is 5.32 Å². The first-order chi connectivity index (χ1) is 7.92. The van der Waals surface area contributed by atoms with Crippen LogP contribution >= 0.6 is 0 Å². The lowest BCUT2D eigenvalue weighted by molar-refractivity contribution is 0.497. The van der Waals surface area contributed by atoms with Gasteiger partial charge in [-0.3, -0.25) is 4.99 Å². The first kappa shape index (κ1) is 8.57. The second-order valence-electron chi connectivity index (χ2n) is 4.95. The summed E-state index contributed by atoms with van der Waals surface area (Å²) in [4.78, 5) is 4.86. The van der Waals surface area contributed by atoms with Gasteiger partial charge < -0.3 is 5.32 Å². The van der Waals surface area contributed by atoms with Crippen molar-refractivity contribution in [2.24, 2.45) is 16.8 Å². The molecule has 4 atom stereocenters. The van der Waals surface area contributed by atoms with E-state index in [0.29, 0.717) is 23.9 Å². The quantitative estimate of drug-likeness (QED) is 0.704. The predicted molar refractivity (Wildman–Crippen MR) is 64.4 cm³/mol. The molecule has 4 rings (SSSR count). The zero-order valence-corrected chi connectivity index (χ0v) is 9.01. The maximum absolute atomic E-state index is 4.86. The number of amidine groups is 1. The average Bonchev–Trinajstić information content (AvgIpc) is 3.02. The van der Waals surface area contributed by atoms with Gasteiger partial charge in [0.05, 0.1) is 12.1 Å². The molecule has 1 heterocycles. The molecule has 16 heavy (non-hydrogen) atoms. The summed E-state index contributed by atoms with van der Waals surface area (Å²) in [6, 6.07) is 11.5. The van der Waals surface area contributed by atoms with E-state index in [1.807, 2.05) is 6.07 Å². The molecule has 1 N–H and O–H groups in total. The molecule has 0 radical (unpaired) electrons. The average molecular weight is 210 g/mol. The van der Waals surface area contributed by atoms with Crippen LogP contribution in [0.25, 0.3) is 0 Å². The Balaban J connectivity index is 1.69. The van der Waals surface area contributed by atoms with E-state index in [9.17, 15) is 0 Å². The second kappa shape index (κ2) is 2.97. The third-order valence-corrected chi connectivity index (χ3v) is 4.05. The van der Waals surface area contributed by atoms with Crippen LogP contribution < -0.4 is 5.32 Å². The smallest absolute Gasteiger partial charge is 0.128 e. The van der Waals surface area contributed by atoms with E-state index >= 15 is 0 Å². The fraction of sp³-hybridized carbons (Fsp3) is 0.357. The largest absolute Gasteiger partial charge is 0.364 e. The summed E-state index contributed by atoms with van der Waals surface area (Å²) in [5.74, 6) is 2.48. The maximum Gasteiger partial charge on any atom is 0.128 e. The first-order valence-electron chi connectivity index (χ1n) is 6.00. The maximum atomic E-state index is 4.86. The van der Waals surface area contributed by atoms with Gasteiger partial charge in [-0.25, -0.2) is 0 Å². The molecule has 3 aliphatic rings. The number of hydrogen-bond donors (Lipinski definition) is 1. The normalized spacial score (nSPS) is 38.4. The number of nitrogens with one attached hydrogen (secondary N) is 1. The summed E-state index contributed by atoms with van der Waals surface area (Å²) in [5.41, 5.74) is 1.22. The number of aliphatic imine (C=N–C) groups is 1. The lowest BCUT2D eigenvalue weighted by Crippen LogP contribution is -2.37. The minimum atomic E-state index is 0.491. The number of rotatable bonds is 1. The van der Waals surface area contributed by atoms with Gasteiger partial charge in [0.25, 0.3) is 0 Å². The van der Waals surface area contributed by atoms with Crippen molar-refractivity contribution in [1.29, 1.82) is 0 Å². The zero-order chi connectivity index (χ0) is 10.5. The Morgan fingerprint density at radius 1 is 1.06 bits per heavy atom. The lowest BCUT2D eigenvalue weighted by Gasteiger charge is -2.18. The summed E-state index contributed by atoms with van der Waals surface area (Å²) >= 11 is 0. The van der Waals surface area contributed by atoms with E-state index in [2.05, 4.69) is 41.7 Å². The van der Waals surface area contributed by atoms with Crippen LogP contribution in [-0.2, 0) is 0 Å². The molecule has 0 spiro atoms. The molecular weight excluding hydrogens is 196 g/mol. The van der Waals surface area contributed by atoms with Crippen LogP contribution in [0, 0.1) is 11.8 Å². The van der Waals surface area contributed by atoms with Crippen LogP contribution in [0.2, 0.25) is 0 Å². The van der Waals surface area contributed by atoms with Gasteiger partial charge in [-0.2, -0.15) is 0 Å². The Labute approximate surface area is 95.1 Å². The van der Waals surface area contributed by atoms with Gasteiger partial charge in [0.15, 0.2) is 0 Å². The fourth-order valence-electron chi connectivity index (χ4n) is 3.26. The summed E-state index contributed by atoms with van der Waals surface area (Å²) in [5, 5.41) is 3.60. The number of benzene rings is 1. The zero-order valence-electron chi connectivity index (χ0n) is 9.01. The molecule has 2 bridgehead atoms. The molecular formula is C14H14N2. The van der Waals surface area contributed by atoms with E-state index in [0.717, 1.165) is 5.84 Å². The van der Waals surface area contributed by atoms with Crippen molar-refractivity contribution in [3.05, 3.63) is 48.0 Å². The molecule has 1 aliphatic heterocycles. The van der Waals surface area contributed by atoms with Gasteiger partial charge in [-0.15, -0.1) is 0 Å².